The van der Waals surface area contributed by atoms with Crippen molar-refractivity contribution in [3.8, 4) is 0 Å². The van der Waals surface area contributed by atoms with Gasteiger partial charge in [0.2, 0.25) is 11.4 Å². The quantitative estimate of drug-likeness (QED) is 0.670. The lowest BCUT2D eigenvalue weighted by molar-refractivity contribution is -0.561. The fraction of sp³-hybridized carbons (Fsp3) is 0.417. The van der Waals surface area contributed by atoms with Gasteiger partial charge in [0.1, 0.15) is 0 Å². The summed E-state index contributed by atoms with van der Waals surface area (Å²) in [6.45, 7) is 3.03. The minimum absolute atomic E-state index is 0.125. The average molecular weight is 315 g/mol. The smallest absolute Gasteiger partial charge is 0.224 e. The number of rotatable bonds is 5. The number of hydrogen-bond acceptors (Lipinski definition) is 3. The molecule has 1 aromatic carbocycles. The first-order chi connectivity index (χ1) is 8.31. The number of carbonyl (C=O) groups excluding carboxylic acids is 1. The molecule has 5 nitrogen and oxygen atoms in total. The Kier molecular flexibility index (Phi) is 4.84. The first-order valence-corrected chi connectivity index (χ1v) is 6.30. The Labute approximate surface area is 114 Å². The molecule has 18 heavy (non-hydrogen) atoms. The molecule has 0 aliphatic rings. The van der Waals surface area contributed by atoms with Crippen LogP contribution < -0.4 is 5.32 Å². The average Bonchev–Trinajstić information content (AvgIpc) is 2.26. The summed E-state index contributed by atoms with van der Waals surface area (Å²) in [5.41, 5.74) is -0.400. The lowest BCUT2D eigenvalue weighted by Gasteiger charge is -2.14. The molecule has 0 radical (unpaired) electrons. The summed E-state index contributed by atoms with van der Waals surface area (Å²) in [5.74, 6) is -0.219. The van der Waals surface area contributed by atoms with E-state index in [1.807, 2.05) is 6.07 Å². The number of carbonyl (C=O) groups is 1. The molecule has 0 unspecified atom stereocenters. The van der Waals surface area contributed by atoms with Crippen LogP contribution in [-0.2, 0) is 4.79 Å². The second kappa shape index (κ2) is 5.95. The Morgan fingerprint density at radius 2 is 2.17 bits per heavy atom. The van der Waals surface area contributed by atoms with E-state index in [1.54, 1.807) is 18.2 Å². The molecule has 0 saturated carbocycles. The van der Waals surface area contributed by atoms with Crippen LogP contribution in [0.15, 0.2) is 28.7 Å². The van der Waals surface area contributed by atoms with Crippen molar-refractivity contribution in [3.63, 3.8) is 0 Å². The van der Waals surface area contributed by atoms with Gasteiger partial charge in [-0.05, 0) is 18.2 Å². The van der Waals surface area contributed by atoms with Gasteiger partial charge in [0.05, 0.1) is 0 Å². The van der Waals surface area contributed by atoms with E-state index in [1.165, 1.54) is 13.8 Å². The molecule has 0 saturated heterocycles. The van der Waals surface area contributed by atoms with Gasteiger partial charge in [-0.15, -0.1) is 0 Å². The van der Waals surface area contributed by atoms with Crippen LogP contribution in [0.1, 0.15) is 26.7 Å². The van der Waals surface area contributed by atoms with E-state index < -0.39 is 5.54 Å². The van der Waals surface area contributed by atoms with Gasteiger partial charge < -0.3 is 5.32 Å². The summed E-state index contributed by atoms with van der Waals surface area (Å²) in [6, 6.07) is 7.20. The minimum atomic E-state index is -1.07. The summed E-state index contributed by atoms with van der Waals surface area (Å²) in [5, 5.41) is 13.4. The first-order valence-electron chi connectivity index (χ1n) is 5.51. The number of amides is 1. The lowest BCUT2D eigenvalue weighted by Crippen LogP contribution is -2.32. The summed E-state index contributed by atoms with van der Waals surface area (Å²) in [6.07, 6.45) is 0.334. The van der Waals surface area contributed by atoms with Crippen LogP contribution in [0.5, 0.6) is 0 Å². The molecule has 98 valence electrons. The highest BCUT2D eigenvalue weighted by Gasteiger charge is 2.30. The molecule has 0 aliphatic carbocycles. The van der Waals surface area contributed by atoms with Crippen molar-refractivity contribution in [1.29, 1.82) is 0 Å². The van der Waals surface area contributed by atoms with E-state index in [4.69, 9.17) is 0 Å². The molecule has 0 atom stereocenters. The fourth-order valence-electron chi connectivity index (χ4n) is 1.30. The molecule has 1 amide bonds. The van der Waals surface area contributed by atoms with Crippen LogP contribution in [0.4, 0.5) is 5.69 Å². The van der Waals surface area contributed by atoms with Gasteiger partial charge in [0, 0.05) is 41.8 Å². The topological polar surface area (TPSA) is 72.2 Å². The van der Waals surface area contributed by atoms with Crippen LogP contribution in [0.25, 0.3) is 0 Å². The van der Waals surface area contributed by atoms with Crippen molar-refractivity contribution in [2.45, 2.75) is 32.2 Å². The van der Waals surface area contributed by atoms with Gasteiger partial charge >= 0.3 is 0 Å². The van der Waals surface area contributed by atoms with E-state index in [0.29, 0.717) is 5.69 Å². The van der Waals surface area contributed by atoms with Crippen molar-refractivity contribution in [1.82, 2.24) is 0 Å². The Balaban J connectivity index is 2.50. The molecular formula is C12H15BrN2O3. The minimum Gasteiger partial charge on any atom is -0.326 e. The predicted molar refractivity (Wildman–Crippen MR) is 73.1 cm³/mol. The van der Waals surface area contributed by atoms with Crippen LogP contribution in [0.2, 0.25) is 0 Å². The highest BCUT2D eigenvalue weighted by Crippen LogP contribution is 2.18. The largest absolute Gasteiger partial charge is 0.326 e. The Hall–Kier alpha value is -1.43. The number of nitrogens with one attached hydrogen (secondary N) is 1. The highest BCUT2D eigenvalue weighted by atomic mass is 79.9. The predicted octanol–water partition coefficient (Wildman–Crippen LogP) is 3.22. The van der Waals surface area contributed by atoms with Crippen molar-refractivity contribution in [2.75, 3.05) is 5.32 Å². The number of benzene rings is 1. The van der Waals surface area contributed by atoms with E-state index >= 15 is 0 Å². The molecular weight excluding hydrogens is 300 g/mol. The Morgan fingerprint density at radius 1 is 1.50 bits per heavy atom. The molecule has 0 bridgehead atoms. The van der Waals surface area contributed by atoms with Crippen LogP contribution >= 0.6 is 15.9 Å². The maximum Gasteiger partial charge on any atom is 0.224 e. The molecule has 0 aliphatic heterocycles. The highest BCUT2D eigenvalue weighted by molar-refractivity contribution is 9.10. The lowest BCUT2D eigenvalue weighted by atomic mass is 9.99. The standard InChI is InChI=1S/C12H15BrN2O3/c1-12(2,15(17)18)7-6-11(16)14-10-5-3-4-9(13)8-10/h3-5,8H,6-7H2,1-2H3,(H,14,16). The second-order valence-electron chi connectivity index (χ2n) is 4.63. The molecule has 0 fully saturated rings. The number of hydrogen-bond donors (Lipinski definition) is 1. The Morgan fingerprint density at radius 3 is 2.72 bits per heavy atom. The molecule has 1 rings (SSSR count). The van der Waals surface area contributed by atoms with E-state index in [-0.39, 0.29) is 23.7 Å². The molecule has 1 aromatic rings. The van der Waals surface area contributed by atoms with Crippen molar-refractivity contribution >= 4 is 27.5 Å². The summed E-state index contributed by atoms with van der Waals surface area (Å²) < 4.78 is 0.867. The molecule has 1 N–H and O–H groups in total. The fourth-order valence-corrected chi connectivity index (χ4v) is 1.70. The van der Waals surface area contributed by atoms with E-state index in [2.05, 4.69) is 21.2 Å². The molecule has 0 spiro atoms. The van der Waals surface area contributed by atoms with E-state index in [9.17, 15) is 14.9 Å². The maximum atomic E-state index is 11.6. The molecule has 6 heteroatoms. The van der Waals surface area contributed by atoms with Crippen molar-refractivity contribution < 1.29 is 9.72 Å². The van der Waals surface area contributed by atoms with Gasteiger partial charge in [-0.1, -0.05) is 22.0 Å². The SMILES string of the molecule is CC(C)(CCC(=O)Nc1cccc(Br)c1)[N+](=O)[O-]. The zero-order chi connectivity index (χ0) is 13.8. The second-order valence-corrected chi connectivity index (χ2v) is 5.54. The van der Waals surface area contributed by atoms with E-state index in [0.717, 1.165) is 4.47 Å². The monoisotopic (exact) mass is 314 g/mol. The molecule has 0 heterocycles. The summed E-state index contributed by atoms with van der Waals surface area (Å²) >= 11 is 3.30. The number of nitrogens with zero attached hydrogens (tertiary/aromatic N) is 1. The third-order valence-corrected chi connectivity index (χ3v) is 3.06. The third kappa shape index (κ3) is 4.44. The van der Waals surface area contributed by atoms with Gasteiger partial charge in [0.25, 0.3) is 0 Å². The summed E-state index contributed by atoms with van der Waals surface area (Å²) in [7, 11) is 0. The van der Waals surface area contributed by atoms with Crippen molar-refractivity contribution in [2.24, 2.45) is 0 Å². The van der Waals surface area contributed by atoms with Crippen LogP contribution in [0, 0.1) is 10.1 Å². The van der Waals surface area contributed by atoms with Gasteiger partial charge in [0.15, 0.2) is 0 Å². The Bertz CT molecular complexity index is 460. The normalized spacial score (nSPS) is 11.1. The van der Waals surface area contributed by atoms with Crippen LogP contribution in [0.3, 0.4) is 0 Å². The summed E-state index contributed by atoms with van der Waals surface area (Å²) in [4.78, 5) is 22.0. The third-order valence-electron chi connectivity index (χ3n) is 2.57. The van der Waals surface area contributed by atoms with Crippen molar-refractivity contribution in [3.05, 3.63) is 38.9 Å². The number of anilines is 1. The van der Waals surface area contributed by atoms with Gasteiger partial charge in [-0.2, -0.15) is 0 Å². The molecule has 0 aromatic heterocycles. The zero-order valence-corrected chi connectivity index (χ0v) is 11.9. The van der Waals surface area contributed by atoms with Gasteiger partial charge in [-0.25, -0.2) is 0 Å². The number of halogens is 1. The number of nitro groups is 1. The zero-order valence-electron chi connectivity index (χ0n) is 10.3. The maximum absolute atomic E-state index is 11.6. The first kappa shape index (κ1) is 14.6. The van der Waals surface area contributed by atoms with Crippen LogP contribution in [-0.4, -0.2) is 16.4 Å². The van der Waals surface area contributed by atoms with Gasteiger partial charge in [-0.3, -0.25) is 14.9 Å².